The largest absolute Gasteiger partial charge is 0.497 e. The van der Waals surface area contributed by atoms with Gasteiger partial charge in [-0.05, 0) is 68.0 Å². The van der Waals surface area contributed by atoms with Gasteiger partial charge in [-0.25, -0.2) is 14.6 Å². The Morgan fingerprint density at radius 3 is 2.37 bits per heavy atom. The number of carboxylic acid groups (broad SMARTS) is 2. The molecule has 0 aliphatic carbocycles. The molecule has 2 heterocycles. The second-order valence-corrected chi connectivity index (χ2v) is 10.9. The summed E-state index contributed by atoms with van der Waals surface area (Å²) in [6.45, 7) is 5.11. The van der Waals surface area contributed by atoms with E-state index in [1.165, 1.54) is 61.6 Å². The first-order valence-corrected chi connectivity index (χ1v) is 14.9. The number of nitrogens with zero attached hydrogens (tertiary/aromatic N) is 3. The molecule has 1 fully saturated rings. The molecule has 0 radical (unpaired) electrons. The van der Waals surface area contributed by atoms with E-state index in [1.807, 2.05) is 23.9 Å². The number of fused-ring (bicyclic) bond motifs is 1. The van der Waals surface area contributed by atoms with Crippen LogP contribution in [0.2, 0.25) is 0 Å². The maximum Gasteiger partial charge on any atom is 0.328 e. The van der Waals surface area contributed by atoms with Gasteiger partial charge in [-0.15, -0.1) is 0 Å². The quantitative estimate of drug-likeness (QED) is 0.250. The molecule has 9 nitrogen and oxygen atoms in total. The van der Waals surface area contributed by atoms with Crippen LogP contribution in [0.1, 0.15) is 43.2 Å². The van der Waals surface area contributed by atoms with Crippen molar-refractivity contribution in [3.8, 4) is 5.75 Å². The fourth-order valence-electron chi connectivity index (χ4n) is 4.66. The van der Waals surface area contributed by atoms with Crippen molar-refractivity contribution in [3.63, 3.8) is 0 Å². The van der Waals surface area contributed by atoms with Gasteiger partial charge in [0.1, 0.15) is 5.75 Å². The summed E-state index contributed by atoms with van der Waals surface area (Å²) in [5.41, 5.74) is 3.69. The van der Waals surface area contributed by atoms with Crippen molar-refractivity contribution in [2.45, 2.75) is 50.5 Å². The standard InChI is InChI=1S/C27H37N3O2S.C4H4O4/c1-29(27-28-26-9-5-4-8-23(26)21-33-27)24-14-17-30(18-15-24)16-6-3-7-19-32-20-22-10-12-25(31-2)13-11-22;5-3(6)1-2-4(7)8/h4-5,8-13,24H,3,6-7,14-21H2,1-2H3;1-2H,(H,5,6)(H,7,8). The first kappa shape index (κ1) is 32.2. The number of rotatable bonds is 12. The smallest absolute Gasteiger partial charge is 0.328 e. The third-order valence-corrected chi connectivity index (χ3v) is 8.12. The molecule has 2 aromatic rings. The van der Waals surface area contributed by atoms with E-state index in [2.05, 4.69) is 53.2 Å². The predicted molar refractivity (Wildman–Crippen MR) is 163 cm³/mol. The summed E-state index contributed by atoms with van der Waals surface area (Å²) in [5, 5.41) is 16.8. The van der Waals surface area contributed by atoms with Crippen LogP contribution >= 0.6 is 11.8 Å². The third-order valence-electron chi connectivity index (χ3n) is 7.03. The Labute approximate surface area is 246 Å². The predicted octanol–water partition coefficient (Wildman–Crippen LogP) is 5.42. The highest BCUT2D eigenvalue weighted by atomic mass is 32.2. The minimum Gasteiger partial charge on any atom is -0.497 e. The molecule has 222 valence electrons. The second kappa shape index (κ2) is 17.5. The lowest BCUT2D eigenvalue weighted by atomic mass is 10.0. The SMILES string of the molecule is COc1ccc(COCCCCCN2CCC(N(C)C3=Nc4ccccc4CS3)CC2)cc1.O=C(O)C=CC(=O)O. The molecular formula is C31H41N3O6S. The molecule has 10 heteroatoms. The number of likely N-dealkylation sites (tertiary alicyclic amines) is 1. The molecule has 2 aliphatic rings. The summed E-state index contributed by atoms with van der Waals surface area (Å²) in [7, 11) is 3.92. The number of carbonyl (C=O) groups is 2. The van der Waals surface area contributed by atoms with E-state index in [0.29, 0.717) is 24.8 Å². The van der Waals surface area contributed by atoms with Crippen LogP contribution in [0.25, 0.3) is 0 Å². The number of hydrogen-bond acceptors (Lipinski definition) is 8. The van der Waals surface area contributed by atoms with Crippen molar-refractivity contribution in [3.05, 3.63) is 71.8 Å². The van der Waals surface area contributed by atoms with Crippen LogP contribution < -0.4 is 4.74 Å². The Bertz CT molecular complexity index is 1150. The number of unbranched alkanes of at least 4 members (excludes halogenated alkanes) is 2. The molecule has 0 atom stereocenters. The molecule has 4 rings (SSSR count). The first-order valence-electron chi connectivity index (χ1n) is 13.9. The molecule has 0 spiro atoms. The number of hydrogen-bond donors (Lipinski definition) is 2. The normalized spacial score (nSPS) is 15.4. The number of benzene rings is 2. The summed E-state index contributed by atoms with van der Waals surface area (Å²) in [6, 6.07) is 17.2. The zero-order valence-corrected chi connectivity index (χ0v) is 24.7. The lowest BCUT2D eigenvalue weighted by Crippen LogP contribution is -2.45. The van der Waals surface area contributed by atoms with Crippen LogP contribution in [-0.2, 0) is 26.7 Å². The Morgan fingerprint density at radius 1 is 1.02 bits per heavy atom. The van der Waals surface area contributed by atoms with Gasteiger partial charge in [0, 0.05) is 50.7 Å². The van der Waals surface area contributed by atoms with Crippen LogP contribution in [-0.4, -0.2) is 83.6 Å². The number of thioether (sulfide) groups is 1. The summed E-state index contributed by atoms with van der Waals surface area (Å²) in [4.78, 5) is 29.1. The number of amidine groups is 1. The van der Waals surface area contributed by atoms with E-state index >= 15 is 0 Å². The number of para-hydroxylation sites is 1. The van der Waals surface area contributed by atoms with Crippen molar-refractivity contribution in [2.24, 2.45) is 4.99 Å². The fourth-order valence-corrected chi connectivity index (χ4v) is 5.70. The van der Waals surface area contributed by atoms with E-state index in [0.717, 1.165) is 30.2 Å². The Hall–Kier alpha value is -3.34. The summed E-state index contributed by atoms with van der Waals surface area (Å²) >= 11 is 1.88. The number of piperidine rings is 1. The molecule has 1 saturated heterocycles. The van der Waals surface area contributed by atoms with Crippen LogP contribution in [0.3, 0.4) is 0 Å². The molecule has 0 amide bonds. The van der Waals surface area contributed by atoms with E-state index in [-0.39, 0.29) is 0 Å². The van der Waals surface area contributed by atoms with Crippen molar-refractivity contribution < 1.29 is 29.3 Å². The molecule has 2 aromatic carbocycles. The van der Waals surface area contributed by atoms with Crippen LogP contribution in [0.5, 0.6) is 5.75 Å². The fraction of sp³-hybridized carbons (Fsp3) is 0.452. The molecule has 0 bridgehead atoms. The van der Waals surface area contributed by atoms with Crippen LogP contribution in [0.4, 0.5) is 5.69 Å². The lowest BCUT2D eigenvalue weighted by molar-refractivity contribution is -0.134. The van der Waals surface area contributed by atoms with Gasteiger partial charge in [0.05, 0.1) is 19.4 Å². The van der Waals surface area contributed by atoms with Gasteiger partial charge in [0.25, 0.3) is 0 Å². The monoisotopic (exact) mass is 583 g/mol. The average Bonchev–Trinajstić information content (AvgIpc) is 3.00. The zero-order valence-electron chi connectivity index (χ0n) is 23.9. The van der Waals surface area contributed by atoms with E-state index in [9.17, 15) is 9.59 Å². The van der Waals surface area contributed by atoms with Crippen molar-refractivity contribution >= 4 is 34.6 Å². The van der Waals surface area contributed by atoms with Crippen molar-refractivity contribution in [1.29, 1.82) is 0 Å². The first-order chi connectivity index (χ1) is 19.9. The molecule has 2 N–H and O–H groups in total. The van der Waals surface area contributed by atoms with Gasteiger partial charge in [-0.3, -0.25) is 0 Å². The Kier molecular flexibility index (Phi) is 13.7. The van der Waals surface area contributed by atoms with Gasteiger partial charge < -0.3 is 29.5 Å². The molecule has 0 unspecified atom stereocenters. The van der Waals surface area contributed by atoms with E-state index < -0.39 is 11.9 Å². The number of carboxylic acids is 2. The number of aliphatic carboxylic acids is 2. The molecule has 2 aliphatic heterocycles. The van der Waals surface area contributed by atoms with E-state index in [4.69, 9.17) is 24.7 Å². The highest BCUT2D eigenvalue weighted by molar-refractivity contribution is 8.13. The number of ether oxygens (including phenoxy) is 2. The lowest BCUT2D eigenvalue weighted by Gasteiger charge is -2.38. The van der Waals surface area contributed by atoms with Gasteiger partial charge in [0.15, 0.2) is 5.17 Å². The highest BCUT2D eigenvalue weighted by Crippen LogP contribution is 2.33. The second-order valence-electron chi connectivity index (χ2n) is 9.97. The highest BCUT2D eigenvalue weighted by Gasteiger charge is 2.26. The maximum atomic E-state index is 9.55. The van der Waals surface area contributed by atoms with Crippen molar-refractivity contribution in [2.75, 3.05) is 40.4 Å². The summed E-state index contributed by atoms with van der Waals surface area (Å²) in [5.74, 6) is -0.594. The van der Waals surface area contributed by atoms with Crippen LogP contribution in [0, 0.1) is 0 Å². The van der Waals surface area contributed by atoms with E-state index in [1.54, 1.807) is 7.11 Å². The number of methoxy groups -OCH3 is 1. The third kappa shape index (κ3) is 11.6. The maximum absolute atomic E-state index is 9.55. The van der Waals surface area contributed by atoms with Gasteiger partial charge in [-0.2, -0.15) is 0 Å². The summed E-state index contributed by atoms with van der Waals surface area (Å²) < 4.78 is 11.0. The van der Waals surface area contributed by atoms with Crippen molar-refractivity contribution in [1.82, 2.24) is 9.80 Å². The average molecular weight is 584 g/mol. The zero-order chi connectivity index (χ0) is 29.5. The van der Waals surface area contributed by atoms with Crippen LogP contribution in [0.15, 0.2) is 65.7 Å². The minimum absolute atomic E-state index is 0.558. The topological polar surface area (TPSA) is 112 Å². The Balaban J connectivity index is 0.000000507. The molecule has 0 saturated carbocycles. The molecule has 41 heavy (non-hydrogen) atoms. The van der Waals surface area contributed by atoms with Gasteiger partial charge in [0.2, 0.25) is 0 Å². The van der Waals surface area contributed by atoms with Gasteiger partial charge >= 0.3 is 11.9 Å². The minimum atomic E-state index is -1.26. The summed E-state index contributed by atoms with van der Waals surface area (Å²) in [6.07, 6.45) is 7.19. The molecular weight excluding hydrogens is 542 g/mol. The molecule has 0 aromatic heterocycles. The van der Waals surface area contributed by atoms with Gasteiger partial charge in [-0.1, -0.05) is 42.1 Å². The number of aliphatic imine (C=N–C) groups is 1. The Morgan fingerprint density at radius 2 is 1.71 bits per heavy atom.